The quantitative estimate of drug-likeness (QED) is 0.691. The first kappa shape index (κ1) is 11.6. The third kappa shape index (κ3) is 7.72. The second-order valence-electron chi connectivity index (χ2n) is 2.84. The van der Waals surface area contributed by atoms with E-state index in [4.69, 9.17) is 0 Å². The van der Waals surface area contributed by atoms with Crippen molar-refractivity contribution in [1.82, 2.24) is 5.32 Å². The van der Waals surface area contributed by atoms with Gasteiger partial charge in [-0.25, -0.2) is 0 Å². The average molecular weight is 200 g/mol. The summed E-state index contributed by atoms with van der Waals surface area (Å²) < 4.78 is 24.0. The highest BCUT2D eigenvalue weighted by atomic mass is 35.5. The summed E-state index contributed by atoms with van der Waals surface area (Å²) in [7, 11) is 0. The van der Waals surface area contributed by atoms with Gasteiger partial charge in [-0.15, -0.1) is 0 Å². The standard InChI is InChI=1S/C7H12ClF2NO/c1-5(2)11-6(12)3-4-7(8,9)10/h5H,3-4H2,1-2H3,(H,11,12). The predicted molar refractivity (Wildman–Crippen MR) is 43.3 cm³/mol. The summed E-state index contributed by atoms with van der Waals surface area (Å²) >= 11 is 4.60. The van der Waals surface area contributed by atoms with E-state index in [1.165, 1.54) is 0 Å². The van der Waals surface area contributed by atoms with Gasteiger partial charge in [0.15, 0.2) is 0 Å². The van der Waals surface area contributed by atoms with Crippen LogP contribution in [0.25, 0.3) is 0 Å². The Morgan fingerprint density at radius 1 is 1.58 bits per heavy atom. The van der Waals surface area contributed by atoms with Crippen LogP contribution in [0.5, 0.6) is 0 Å². The second kappa shape index (κ2) is 4.60. The number of amides is 1. The van der Waals surface area contributed by atoms with Gasteiger partial charge in [-0.3, -0.25) is 4.79 Å². The molecular weight excluding hydrogens is 188 g/mol. The molecule has 0 rings (SSSR count). The SMILES string of the molecule is CC(C)NC(=O)CCC(F)(F)Cl. The maximum Gasteiger partial charge on any atom is 0.322 e. The van der Waals surface area contributed by atoms with Crippen molar-refractivity contribution in [3.8, 4) is 0 Å². The smallest absolute Gasteiger partial charge is 0.322 e. The molecule has 0 atom stereocenters. The molecule has 0 spiro atoms. The number of carbonyl (C=O) groups is 1. The van der Waals surface area contributed by atoms with Crippen LogP contribution in [0.15, 0.2) is 0 Å². The van der Waals surface area contributed by atoms with E-state index in [0.717, 1.165) is 0 Å². The maximum atomic E-state index is 12.0. The van der Waals surface area contributed by atoms with Crippen LogP contribution in [0.3, 0.4) is 0 Å². The summed E-state index contributed by atoms with van der Waals surface area (Å²) in [5.41, 5.74) is 0. The van der Waals surface area contributed by atoms with Gasteiger partial charge in [0.05, 0.1) is 0 Å². The Bertz CT molecular complexity index is 156. The largest absolute Gasteiger partial charge is 0.354 e. The van der Waals surface area contributed by atoms with Crippen LogP contribution in [0.4, 0.5) is 8.78 Å². The number of hydrogen-bond donors (Lipinski definition) is 1. The molecule has 0 aromatic carbocycles. The van der Waals surface area contributed by atoms with Crippen molar-refractivity contribution in [3.63, 3.8) is 0 Å². The molecule has 0 saturated carbocycles. The molecule has 0 saturated heterocycles. The third-order valence-corrected chi connectivity index (χ3v) is 1.27. The van der Waals surface area contributed by atoms with Crippen molar-refractivity contribution >= 4 is 17.5 Å². The highest BCUT2D eigenvalue weighted by Gasteiger charge is 2.25. The molecule has 0 bridgehead atoms. The number of alkyl halides is 3. The van der Waals surface area contributed by atoms with Crippen molar-refractivity contribution in [1.29, 1.82) is 0 Å². The molecule has 0 heterocycles. The maximum absolute atomic E-state index is 12.0. The zero-order valence-corrected chi connectivity index (χ0v) is 7.79. The van der Waals surface area contributed by atoms with Crippen molar-refractivity contribution in [2.45, 2.75) is 38.1 Å². The number of carbonyl (C=O) groups excluding carboxylic acids is 1. The number of rotatable bonds is 4. The van der Waals surface area contributed by atoms with Gasteiger partial charge >= 0.3 is 5.38 Å². The Hall–Kier alpha value is -0.380. The highest BCUT2D eigenvalue weighted by molar-refractivity contribution is 6.21. The molecular formula is C7H12ClF2NO. The summed E-state index contributed by atoms with van der Waals surface area (Å²) in [5.74, 6) is -0.398. The number of nitrogens with one attached hydrogen (secondary N) is 1. The zero-order valence-electron chi connectivity index (χ0n) is 7.03. The first-order chi connectivity index (χ1) is 5.31. The van der Waals surface area contributed by atoms with Gasteiger partial charge < -0.3 is 5.32 Å². The first-order valence-corrected chi connectivity index (χ1v) is 4.05. The molecule has 0 unspecified atom stereocenters. The summed E-state index contributed by atoms with van der Waals surface area (Å²) in [6.07, 6.45) is -0.859. The topological polar surface area (TPSA) is 29.1 Å². The van der Waals surface area contributed by atoms with Gasteiger partial charge in [-0.05, 0) is 25.4 Å². The lowest BCUT2D eigenvalue weighted by Crippen LogP contribution is -2.30. The van der Waals surface area contributed by atoms with E-state index in [1.54, 1.807) is 13.8 Å². The van der Waals surface area contributed by atoms with E-state index >= 15 is 0 Å². The second-order valence-corrected chi connectivity index (χ2v) is 3.39. The molecule has 0 aromatic rings. The van der Waals surface area contributed by atoms with Crippen LogP contribution in [0.2, 0.25) is 0 Å². The lowest BCUT2D eigenvalue weighted by molar-refractivity contribution is -0.122. The van der Waals surface area contributed by atoms with Crippen LogP contribution in [0.1, 0.15) is 26.7 Å². The van der Waals surface area contributed by atoms with Gasteiger partial charge in [0.2, 0.25) is 5.91 Å². The molecule has 0 aliphatic carbocycles. The lowest BCUT2D eigenvalue weighted by Gasteiger charge is -2.09. The van der Waals surface area contributed by atoms with Gasteiger partial charge in [-0.1, -0.05) is 0 Å². The molecule has 1 amide bonds. The van der Waals surface area contributed by atoms with E-state index < -0.39 is 17.7 Å². The molecule has 12 heavy (non-hydrogen) atoms. The Kier molecular flexibility index (Phi) is 4.45. The molecule has 1 N–H and O–H groups in total. The number of halogens is 3. The van der Waals surface area contributed by atoms with Crippen molar-refractivity contribution in [2.75, 3.05) is 0 Å². The van der Waals surface area contributed by atoms with Crippen LogP contribution in [-0.2, 0) is 4.79 Å². The van der Waals surface area contributed by atoms with Crippen molar-refractivity contribution in [2.24, 2.45) is 0 Å². The normalized spacial score (nSPS) is 11.8. The fourth-order valence-electron chi connectivity index (χ4n) is 0.649. The Balaban J connectivity index is 3.58. The highest BCUT2D eigenvalue weighted by Crippen LogP contribution is 2.24. The first-order valence-electron chi connectivity index (χ1n) is 3.67. The molecule has 0 fully saturated rings. The minimum atomic E-state index is -3.27. The minimum Gasteiger partial charge on any atom is -0.354 e. The van der Waals surface area contributed by atoms with Gasteiger partial charge in [0, 0.05) is 18.9 Å². The minimum absolute atomic E-state index is 0.0264. The molecule has 2 nitrogen and oxygen atoms in total. The third-order valence-electron chi connectivity index (χ3n) is 1.09. The van der Waals surface area contributed by atoms with Crippen molar-refractivity contribution in [3.05, 3.63) is 0 Å². The molecule has 0 aliphatic heterocycles. The summed E-state index contributed by atoms with van der Waals surface area (Å²) in [6, 6.07) is -0.0264. The average Bonchev–Trinajstić information content (AvgIpc) is 1.80. The lowest BCUT2D eigenvalue weighted by atomic mass is 10.3. The van der Waals surface area contributed by atoms with Crippen LogP contribution >= 0.6 is 11.6 Å². The summed E-state index contributed by atoms with van der Waals surface area (Å²) in [5, 5.41) is -0.785. The van der Waals surface area contributed by atoms with Crippen molar-refractivity contribution < 1.29 is 13.6 Å². The fraction of sp³-hybridized carbons (Fsp3) is 0.857. The molecule has 5 heteroatoms. The van der Waals surface area contributed by atoms with E-state index in [2.05, 4.69) is 16.9 Å². The molecule has 0 radical (unpaired) electrons. The Morgan fingerprint density at radius 2 is 2.08 bits per heavy atom. The monoisotopic (exact) mass is 199 g/mol. The molecule has 72 valence electrons. The zero-order chi connectivity index (χ0) is 9.78. The van der Waals surface area contributed by atoms with Crippen LogP contribution in [0, 0.1) is 0 Å². The van der Waals surface area contributed by atoms with Gasteiger partial charge in [0.25, 0.3) is 0 Å². The van der Waals surface area contributed by atoms with E-state index in [9.17, 15) is 13.6 Å². The Morgan fingerprint density at radius 3 is 2.42 bits per heavy atom. The van der Waals surface area contributed by atoms with E-state index in [1.807, 2.05) is 0 Å². The van der Waals surface area contributed by atoms with Crippen LogP contribution < -0.4 is 5.32 Å². The molecule has 0 aliphatic rings. The fourth-order valence-corrected chi connectivity index (χ4v) is 0.744. The van der Waals surface area contributed by atoms with Crippen LogP contribution in [-0.4, -0.2) is 17.3 Å². The number of hydrogen-bond acceptors (Lipinski definition) is 1. The van der Waals surface area contributed by atoms with E-state index in [0.29, 0.717) is 0 Å². The summed E-state index contributed by atoms with van der Waals surface area (Å²) in [4.78, 5) is 10.8. The van der Waals surface area contributed by atoms with Gasteiger partial charge in [0.1, 0.15) is 0 Å². The molecule has 0 aromatic heterocycles. The van der Waals surface area contributed by atoms with Gasteiger partial charge in [-0.2, -0.15) is 8.78 Å². The van der Waals surface area contributed by atoms with E-state index in [-0.39, 0.29) is 12.5 Å². The summed E-state index contributed by atoms with van der Waals surface area (Å²) in [6.45, 7) is 3.52. The Labute approximate surface area is 75.3 Å². The predicted octanol–water partition coefficient (Wildman–Crippen LogP) is 2.12.